The van der Waals surface area contributed by atoms with Crippen LogP contribution in [0.1, 0.15) is 30.5 Å². The highest BCUT2D eigenvalue weighted by Gasteiger charge is 2.17. The molecule has 0 aliphatic carbocycles. The second kappa shape index (κ2) is 16.7. The summed E-state index contributed by atoms with van der Waals surface area (Å²) >= 11 is 0. The Morgan fingerprint density at radius 3 is 1.56 bits per heavy atom. The molecule has 0 unspecified atom stereocenters. The van der Waals surface area contributed by atoms with E-state index in [1.807, 2.05) is 0 Å². The Morgan fingerprint density at radius 1 is 0.600 bits per heavy atom. The molecular weight excluding hydrogens is 755 g/mol. The number of benzene rings is 6. The normalized spacial score (nSPS) is 11.5. The van der Waals surface area contributed by atoms with Crippen molar-refractivity contribution in [3.63, 3.8) is 0 Å². The van der Waals surface area contributed by atoms with Crippen molar-refractivity contribution in [2.24, 2.45) is 0 Å². The summed E-state index contributed by atoms with van der Waals surface area (Å²) in [6, 6.07) is 25.2. The van der Waals surface area contributed by atoms with Gasteiger partial charge in [0, 0.05) is 10.8 Å². The fourth-order valence-electron chi connectivity index (χ4n) is 5.70. The first-order valence-electron chi connectivity index (χ1n) is 16.9. The third kappa shape index (κ3) is 9.82. The molecule has 0 amide bonds. The third-order valence-electron chi connectivity index (χ3n) is 8.62. The minimum Gasteiger partial charge on any atom is -0.481 e. The molecular formula is C41H36F2O10S2. The summed E-state index contributed by atoms with van der Waals surface area (Å²) in [6.07, 6.45) is -0.388. The lowest BCUT2D eigenvalue weighted by Gasteiger charge is -2.16. The third-order valence-corrected chi connectivity index (χ3v) is 12.1. The van der Waals surface area contributed by atoms with E-state index in [0.717, 1.165) is 0 Å². The number of hydrogen-bond donors (Lipinski definition) is 2. The van der Waals surface area contributed by atoms with E-state index < -0.39 is 43.2 Å². The largest absolute Gasteiger partial charge is 0.481 e. The lowest BCUT2D eigenvalue weighted by Crippen LogP contribution is -2.04. The molecule has 0 radical (unpaired) electrons. The van der Waals surface area contributed by atoms with Crippen molar-refractivity contribution in [1.29, 1.82) is 0 Å². The highest BCUT2D eigenvalue weighted by atomic mass is 32.2. The van der Waals surface area contributed by atoms with E-state index in [1.165, 1.54) is 72.8 Å². The number of carboxylic acids is 2. The number of aliphatic carboxylic acids is 2. The molecule has 55 heavy (non-hydrogen) atoms. The van der Waals surface area contributed by atoms with E-state index in [1.54, 1.807) is 51.1 Å². The van der Waals surface area contributed by atoms with Gasteiger partial charge in [-0.15, -0.1) is 0 Å². The number of fused-ring (bicyclic) bond motifs is 2. The molecule has 0 spiro atoms. The zero-order valence-corrected chi connectivity index (χ0v) is 31.5. The molecule has 0 aliphatic heterocycles. The van der Waals surface area contributed by atoms with Gasteiger partial charge in [0.15, 0.2) is 19.7 Å². The zero-order valence-electron chi connectivity index (χ0n) is 29.9. The van der Waals surface area contributed by atoms with Crippen LogP contribution in [0.25, 0.3) is 21.5 Å². The van der Waals surface area contributed by atoms with Crippen LogP contribution in [0.5, 0.6) is 23.0 Å². The molecule has 0 heterocycles. The number of hydrogen-bond acceptors (Lipinski definition) is 8. The topological polar surface area (TPSA) is 161 Å². The highest BCUT2D eigenvalue weighted by Crippen LogP contribution is 2.37. The van der Waals surface area contributed by atoms with Crippen LogP contribution in [0.2, 0.25) is 0 Å². The zero-order chi connectivity index (χ0) is 40.1. The van der Waals surface area contributed by atoms with Crippen LogP contribution in [0.15, 0.2) is 113 Å². The fourth-order valence-corrected chi connectivity index (χ4v) is 7.47. The van der Waals surface area contributed by atoms with Gasteiger partial charge in [0.25, 0.3) is 0 Å². The lowest BCUT2D eigenvalue weighted by molar-refractivity contribution is -0.137. The number of carboxylic acid groups (broad SMARTS) is 2. The molecule has 14 heteroatoms. The van der Waals surface area contributed by atoms with Crippen LogP contribution < -0.4 is 9.47 Å². The summed E-state index contributed by atoms with van der Waals surface area (Å²) in [4.78, 5) is 22.6. The van der Waals surface area contributed by atoms with Crippen molar-refractivity contribution < 1.29 is 54.9 Å². The van der Waals surface area contributed by atoms with Crippen LogP contribution in [-0.2, 0) is 42.1 Å². The van der Waals surface area contributed by atoms with Crippen molar-refractivity contribution in [3.05, 3.63) is 131 Å². The van der Waals surface area contributed by atoms with E-state index in [9.17, 15) is 35.2 Å². The molecule has 6 aromatic rings. The van der Waals surface area contributed by atoms with Crippen LogP contribution in [0, 0.1) is 18.6 Å². The quantitative estimate of drug-likeness (QED) is 0.123. The van der Waals surface area contributed by atoms with Crippen molar-refractivity contribution >= 4 is 53.2 Å². The molecule has 6 rings (SSSR count). The van der Waals surface area contributed by atoms with Crippen molar-refractivity contribution in [1.82, 2.24) is 0 Å². The summed E-state index contributed by atoms with van der Waals surface area (Å²) < 4.78 is 86.9. The van der Waals surface area contributed by atoms with Gasteiger partial charge in [0.05, 0.1) is 34.1 Å². The predicted molar refractivity (Wildman–Crippen MR) is 204 cm³/mol. The van der Waals surface area contributed by atoms with Gasteiger partial charge >= 0.3 is 11.9 Å². The molecule has 0 saturated heterocycles. The van der Waals surface area contributed by atoms with Crippen molar-refractivity contribution in [2.75, 3.05) is 11.5 Å². The Hall–Kier alpha value is -5.86. The van der Waals surface area contributed by atoms with Crippen LogP contribution in [0.3, 0.4) is 0 Å². The maximum Gasteiger partial charge on any atom is 0.307 e. The average Bonchev–Trinajstić information content (AvgIpc) is 3.14. The summed E-state index contributed by atoms with van der Waals surface area (Å²) in [6.45, 7) is 4.85. The Kier molecular flexibility index (Phi) is 12.2. The van der Waals surface area contributed by atoms with Gasteiger partial charge in [-0.1, -0.05) is 38.1 Å². The first kappa shape index (κ1) is 40.3. The molecule has 0 aromatic heterocycles. The highest BCUT2D eigenvalue weighted by molar-refractivity contribution is 7.91. The van der Waals surface area contributed by atoms with Gasteiger partial charge in [-0.2, -0.15) is 0 Å². The summed E-state index contributed by atoms with van der Waals surface area (Å²) in [7, 11) is -6.65. The van der Waals surface area contributed by atoms with Gasteiger partial charge in [-0.05, 0) is 113 Å². The Morgan fingerprint density at radius 2 is 1.07 bits per heavy atom. The maximum absolute atomic E-state index is 13.8. The second-order valence-electron chi connectivity index (χ2n) is 12.4. The molecule has 0 aliphatic rings. The SMILES string of the molecule is CCS(=O)(=O)c1ccc(Oc2c(C)c(CC(=O)O)cc3ccc(F)cc23)cc1.CCS(=O)(=O)c1ccc(Oc2cc(CC(=O)O)cc3ccc(F)cc23)cc1. The Balaban J connectivity index is 0.000000211. The predicted octanol–water partition coefficient (Wildman–Crippen LogP) is 8.69. The summed E-state index contributed by atoms with van der Waals surface area (Å²) in [5, 5.41) is 20.5. The summed E-state index contributed by atoms with van der Waals surface area (Å²) in [5.41, 5.74) is 1.67. The van der Waals surface area contributed by atoms with Gasteiger partial charge in [0.2, 0.25) is 0 Å². The van der Waals surface area contributed by atoms with Crippen LogP contribution in [0.4, 0.5) is 8.78 Å². The molecule has 10 nitrogen and oxygen atoms in total. The number of carbonyl (C=O) groups is 2. The smallest absolute Gasteiger partial charge is 0.307 e. The minimum atomic E-state index is -3.33. The van der Waals surface area contributed by atoms with Gasteiger partial charge in [0.1, 0.15) is 34.6 Å². The van der Waals surface area contributed by atoms with E-state index >= 15 is 0 Å². The lowest BCUT2D eigenvalue weighted by atomic mass is 9.98. The molecule has 6 aromatic carbocycles. The summed E-state index contributed by atoms with van der Waals surface area (Å²) in [5.74, 6) is -1.48. The first-order valence-corrected chi connectivity index (χ1v) is 20.2. The minimum absolute atomic E-state index is 0.00560. The standard InChI is InChI=1S/C21H19FO5S.C20H17FO5S/c1-3-28(25,26)18-8-6-17(7-9-18)27-21-13(2)15(11-20(23)24)10-14-4-5-16(22)12-19(14)21;1-2-27(24,25)17-7-5-16(6-8-17)26-19-10-13(11-20(22)23)9-14-3-4-15(21)12-18(14)19/h4-10,12H,3,11H2,1-2H3,(H,23,24);3-10,12H,2,11H2,1H3,(H,22,23). The molecule has 0 saturated carbocycles. The van der Waals surface area contributed by atoms with E-state index in [4.69, 9.17) is 19.7 Å². The Labute approximate surface area is 316 Å². The van der Waals surface area contributed by atoms with Gasteiger partial charge in [-0.25, -0.2) is 25.6 Å². The van der Waals surface area contributed by atoms with Crippen molar-refractivity contribution in [3.8, 4) is 23.0 Å². The van der Waals surface area contributed by atoms with Crippen LogP contribution >= 0.6 is 0 Å². The molecule has 0 fully saturated rings. The molecule has 0 atom stereocenters. The molecule has 286 valence electrons. The number of sulfone groups is 2. The number of halogens is 2. The monoisotopic (exact) mass is 790 g/mol. The van der Waals surface area contributed by atoms with E-state index in [0.29, 0.717) is 61.2 Å². The average molecular weight is 791 g/mol. The maximum atomic E-state index is 13.8. The van der Waals surface area contributed by atoms with E-state index in [2.05, 4.69) is 0 Å². The second-order valence-corrected chi connectivity index (χ2v) is 17.0. The fraction of sp³-hybridized carbons (Fsp3) is 0.171. The number of ether oxygens (including phenoxy) is 2. The van der Waals surface area contributed by atoms with Gasteiger partial charge in [-0.3, -0.25) is 9.59 Å². The Bertz CT molecular complexity index is 2620. The van der Waals surface area contributed by atoms with Gasteiger partial charge < -0.3 is 19.7 Å². The molecule has 2 N–H and O–H groups in total. The van der Waals surface area contributed by atoms with Crippen LogP contribution in [-0.4, -0.2) is 50.5 Å². The van der Waals surface area contributed by atoms with Crippen molar-refractivity contribution in [2.45, 2.75) is 43.4 Å². The first-order chi connectivity index (χ1) is 26.0. The molecule has 0 bridgehead atoms. The van der Waals surface area contributed by atoms with E-state index in [-0.39, 0.29) is 34.1 Å². The number of rotatable bonds is 12.